The maximum atomic E-state index is 11.9. The van der Waals surface area contributed by atoms with Crippen molar-refractivity contribution >= 4 is 46.8 Å². The summed E-state index contributed by atoms with van der Waals surface area (Å²) in [6.45, 7) is 8.63. The van der Waals surface area contributed by atoms with Crippen LogP contribution in [0.15, 0.2) is 39.7 Å². The SMILES string of the molecule is CN=C(NCCc1cc2ccccc2o1)N1CCN(CC(=O)NC(C)C)CC1.I. The Morgan fingerprint density at radius 3 is 2.59 bits per heavy atom. The third kappa shape index (κ3) is 6.88. The first-order chi connectivity index (χ1) is 13.5. The molecule has 1 amide bonds. The number of furan rings is 1. The lowest BCUT2D eigenvalue weighted by molar-refractivity contribution is -0.123. The number of guanidine groups is 1. The first-order valence-electron chi connectivity index (χ1n) is 10.00. The molecule has 3 rings (SSSR count). The smallest absolute Gasteiger partial charge is 0.234 e. The van der Waals surface area contributed by atoms with Gasteiger partial charge in [0.15, 0.2) is 5.96 Å². The van der Waals surface area contributed by atoms with Gasteiger partial charge in [0.05, 0.1) is 6.54 Å². The molecule has 1 aliphatic heterocycles. The van der Waals surface area contributed by atoms with Crippen LogP contribution in [0.5, 0.6) is 0 Å². The van der Waals surface area contributed by atoms with Crippen molar-refractivity contribution in [1.29, 1.82) is 0 Å². The summed E-state index contributed by atoms with van der Waals surface area (Å²) in [5.41, 5.74) is 0.930. The van der Waals surface area contributed by atoms with E-state index in [2.05, 4.69) is 37.6 Å². The number of rotatable bonds is 6. The van der Waals surface area contributed by atoms with Crippen LogP contribution in [0.1, 0.15) is 19.6 Å². The number of carbonyl (C=O) groups excluding carboxylic acids is 1. The van der Waals surface area contributed by atoms with Gasteiger partial charge in [-0.3, -0.25) is 14.7 Å². The van der Waals surface area contributed by atoms with Crippen LogP contribution in [0.2, 0.25) is 0 Å². The van der Waals surface area contributed by atoms with E-state index in [-0.39, 0.29) is 35.9 Å². The highest BCUT2D eigenvalue weighted by atomic mass is 127. The molecule has 160 valence electrons. The molecule has 2 N–H and O–H groups in total. The van der Waals surface area contributed by atoms with E-state index in [1.54, 1.807) is 0 Å². The van der Waals surface area contributed by atoms with Crippen LogP contribution in [0.25, 0.3) is 11.0 Å². The molecule has 29 heavy (non-hydrogen) atoms. The Kier molecular flexibility index (Phi) is 9.22. The molecule has 0 saturated carbocycles. The molecule has 0 atom stereocenters. The van der Waals surface area contributed by atoms with E-state index in [4.69, 9.17) is 4.42 Å². The van der Waals surface area contributed by atoms with Crippen LogP contribution in [0.3, 0.4) is 0 Å². The summed E-state index contributed by atoms with van der Waals surface area (Å²) in [5.74, 6) is 1.98. The molecule has 0 unspecified atom stereocenters. The third-order valence-electron chi connectivity index (χ3n) is 4.83. The molecule has 0 aliphatic carbocycles. The van der Waals surface area contributed by atoms with Crippen molar-refractivity contribution in [2.24, 2.45) is 4.99 Å². The van der Waals surface area contributed by atoms with Gasteiger partial charge >= 0.3 is 0 Å². The second kappa shape index (κ2) is 11.4. The minimum atomic E-state index is 0. The van der Waals surface area contributed by atoms with Crippen molar-refractivity contribution in [3.05, 3.63) is 36.1 Å². The number of nitrogens with one attached hydrogen (secondary N) is 2. The fourth-order valence-electron chi connectivity index (χ4n) is 3.48. The van der Waals surface area contributed by atoms with E-state index < -0.39 is 0 Å². The van der Waals surface area contributed by atoms with E-state index in [0.29, 0.717) is 6.54 Å². The highest BCUT2D eigenvalue weighted by Gasteiger charge is 2.21. The van der Waals surface area contributed by atoms with Gasteiger partial charge in [0, 0.05) is 57.6 Å². The summed E-state index contributed by atoms with van der Waals surface area (Å²) >= 11 is 0. The number of nitrogens with zero attached hydrogens (tertiary/aromatic N) is 3. The lowest BCUT2D eigenvalue weighted by atomic mass is 10.2. The fraction of sp³-hybridized carbons (Fsp3) is 0.524. The molecule has 0 spiro atoms. The number of fused-ring (bicyclic) bond motifs is 1. The van der Waals surface area contributed by atoms with Gasteiger partial charge in [-0.05, 0) is 26.0 Å². The molecule has 2 aromatic rings. The molecule has 1 aliphatic rings. The van der Waals surface area contributed by atoms with E-state index in [9.17, 15) is 4.79 Å². The summed E-state index contributed by atoms with van der Waals surface area (Å²) in [5, 5.41) is 7.52. The van der Waals surface area contributed by atoms with Crippen LogP contribution in [-0.4, -0.2) is 74.0 Å². The molecule has 1 fully saturated rings. The van der Waals surface area contributed by atoms with Crippen molar-refractivity contribution in [3.8, 4) is 0 Å². The second-order valence-electron chi connectivity index (χ2n) is 7.46. The van der Waals surface area contributed by atoms with Crippen LogP contribution in [0.4, 0.5) is 0 Å². The number of halogens is 1. The zero-order valence-electron chi connectivity index (χ0n) is 17.5. The molecule has 2 heterocycles. The Hall–Kier alpha value is -1.81. The van der Waals surface area contributed by atoms with Crippen LogP contribution in [0, 0.1) is 0 Å². The van der Waals surface area contributed by atoms with Gasteiger partial charge in [-0.2, -0.15) is 0 Å². The molecule has 0 radical (unpaired) electrons. The highest BCUT2D eigenvalue weighted by Crippen LogP contribution is 2.18. The summed E-state index contributed by atoms with van der Waals surface area (Å²) in [4.78, 5) is 20.8. The standard InChI is InChI=1S/C21H31N5O2.HI/c1-16(2)24-20(27)15-25-10-12-26(13-11-25)21(22-3)23-9-8-18-14-17-6-4-5-7-19(17)28-18;/h4-7,14,16H,8-13,15H2,1-3H3,(H,22,23)(H,24,27);1H. The van der Waals surface area contributed by atoms with E-state index in [1.807, 2.05) is 39.1 Å². The fourth-order valence-corrected chi connectivity index (χ4v) is 3.48. The Balaban J connectivity index is 0.00000300. The first kappa shape index (κ1) is 23.5. The maximum absolute atomic E-state index is 11.9. The number of aliphatic imine (C=N–C) groups is 1. The van der Waals surface area contributed by atoms with E-state index >= 15 is 0 Å². The average Bonchev–Trinajstić information content (AvgIpc) is 3.08. The molecular weight excluding hydrogens is 481 g/mol. The minimum Gasteiger partial charge on any atom is -0.461 e. The first-order valence-corrected chi connectivity index (χ1v) is 10.00. The molecule has 8 heteroatoms. The van der Waals surface area contributed by atoms with Gasteiger partial charge in [0.25, 0.3) is 0 Å². The van der Waals surface area contributed by atoms with E-state index in [0.717, 1.165) is 61.8 Å². The molecule has 1 aromatic heterocycles. The van der Waals surface area contributed by atoms with Crippen molar-refractivity contribution in [3.63, 3.8) is 0 Å². The van der Waals surface area contributed by atoms with Crippen LogP contribution >= 0.6 is 24.0 Å². The van der Waals surface area contributed by atoms with Gasteiger partial charge < -0.3 is 20.0 Å². The lowest BCUT2D eigenvalue weighted by Gasteiger charge is -2.36. The Morgan fingerprint density at radius 1 is 1.21 bits per heavy atom. The zero-order valence-corrected chi connectivity index (χ0v) is 19.8. The highest BCUT2D eigenvalue weighted by molar-refractivity contribution is 14.0. The summed E-state index contributed by atoms with van der Waals surface area (Å²) in [6, 6.07) is 10.3. The van der Waals surface area contributed by atoms with Gasteiger partial charge in [-0.1, -0.05) is 18.2 Å². The number of benzene rings is 1. The number of piperazine rings is 1. The molecule has 7 nitrogen and oxygen atoms in total. The number of amides is 1. The average molecular weight is 513 g/mol. The maximum Gasteiger partial charge on any atom is 0.234 e. The number of hydrogen-bond donors (Lipinski definition) is 2. The summed E-state index contributed by atoms with van der Waals surface area (Å²) in [7, 11) is 1.81. The van der Waals surface area contributed by atoms with Crippen molar-refractivity contribution in [1.82, 2.24) is 20.4 Å². The lowest BCUT2D eigenvalue weighted by Crippen LogP contribution is -2.54. The summed E-state index contributed by atoms with van der Waals surface area (Å²) in [6.07, 6.45) is 0.809. The van der Waals surface area contributed by atoms with Gasteiger partial charge in [0.1, 0.15) is 11.3 Å². The number of carbonyl (C=O) groups is 1. The molecule has 0 bridgehead atoms. The zero-order chi connectivity index (χ0) is 19.9. The largest absolute Gasteiger partial charge is 0.461 e. The molecule has 1 saturated heterocycles. The van der Waals surface area contributed by atoms with Gasteiger partial charge in [0.2, 0.25) is 5.91 Å². The Morgan fingerprint density at radius 2 is 1.93 bits per heavy atom. The van der Waals surface area contributed by atoms with E-state index in [1.165, 1.54) is 0 Å². The normalized spacial score (nSPS) is 15.4. The second-order valence-corrected chi connectivity index (χ2v) is 7.46. The minimum absolute atomic E-state index is 0. The predicted octanol–water partition coefficient (Wildman–Crippen LogP) is 2.31. The Labute approximate surface area is 189 Å². The van der Waals surface area contributed by atoms with Crippen LogP contribution < -0.4 is 10.6 Å². The topological polar surface area (TPSA) is 73.1 Å². The van der Waals surface area contributed by atoms with Crippen molar-refractivity contribution < 1.29 is 9.21 Å². The number of hydrogen-bond acceptors (Lipinski definition) is 4. The van der Waals surface area contributed by atoms with Gasteiger partial charge in [-0.15, -0.1) is 24.0 Å². The van der Waals surface area contributed by atoms with Gasteiger partial charge in [-0.25, -0.2) is 0 Å². The van der Waals surface area contributed by atoms with Crippen LogP contribution in [-0.2, 0) is 11.2 Å². The predicted molar refractivity (Wildman–Crippen MR) is 128 cm³/mol. The van der Waals surface area contributed by atoms with Crippen molar-refractivity contribution in [2.45, 2.75) is 26.3 Å². The quantitative estimate of drug-likeness (QED) is 0.353. The summed E-state index contributed by atoms with van der Waals surface area (Å²) < 4.78 is 5.87. The monoisotopic (exact) mass is 513 g/mol. The third-order valence-corrected chi connectivity index (χ3v) is 4.83. The van der Waals surface area contributed by atoms with Crippen molar-refractivity contribution in [2.75, 3.05) is 46.3 Å². The number of para-hydroxylation sites is 1. The molecular formula is C21H32IN5O2. The molecule has 1 aromatic carbocycles. The Bertz CT molecular complexity index is 779.